The van der Waals surface area contributed by atoms with Gasteiger partial charge in [-0.3, -0.25) is 4.98 Å². The number of aromatic amines is 1. The van der Waals surface area contributed by atoms with Crippen molar-refractivity contribution in [3.05, 3.63) is 107 Å². The van der Waals surface area contributed by atoms with E-state index in [-0.39, 0.29) is 5.02 Å². The Morgan fingerprint density at radius 3 is 2.36 bits per heavy atom. The number of aromatic nitrogens is 2. The van der Waals surface area contributed by atoms with Crippen LogP contribution >= 0.6 is 11.6 Å². The third-order valence-corrected chi connectivity index (χ3v) is 7.85. The van der Waals surface area contributed by atoms with Gasteiger partial charge in [0.25, 0.3) is 0 Å². The average molecular weight is 564 g/mol. The molecule has 8 heteroatoms. The minimum Gasteiger partial charge on any atom is -0.373 e. The molecule has 1 N–H and O–H groups in total. The molecule has 39 heavy (non-hydrogen) atoms. The molecule has 0 radical (unpaired) electrons. The Bertz CT molecular complexity index is 1590. The van der Waals surface area contributed by atoms with Crippen LogP contribution in [0.15, 0.2) is 90.4 Å². The zero-order valence-corrected chi connectivity index (χ0v) is 23.7. The first kappa shape index (κ1) is 28.3. The van der Waals surface area contributed by atoms with E-state index < -0.39 is 15.7 Å². The summed E-state index contributed by atoms with van der Waals surface area (Å²) in [6.45, 7) is 5.58. The summed E-state index contributed by atoms with van der Waals surface area (Å²) < 4.78 is 37.1. The quantitative estimate of drug-likeness (QED) is 0.261. The molecule has 2 aromatic carbocycles. The van der Waals surface area contributed by atoms with Gasteiger partial charge in [-0.15, -0.1) is 0 Å². The summed E-state index contributed by atoms with van der Waals surface area (Å²) in [5, 5.41) is 0.0830. The Morgan fingerprint density at radius 1 is 1.03 bits per heavy atom. The Kier molecular flexibility index (Phi) is 9.04. The van der Waals surface area contributed by atoms with Crippen LogP contribution in [0.1, 0.15) is 31.4 Å². The lowest BCUT2D eigenvalue weighted by atomic mass is 9.92. The first-order valence-electron chi connectivity index (χ1n) is 12.8. The van der Waals surface area contributed by atoms with Gasteiger partial charge in [-0.1, -0.05) is 43.7 Å². The van der Waals surface area contributed by atoms with Gasteiger partial charge in [0, 0.05) is 54.6 Å². The lowest BCUT2D eigenvalue weighted by molar-refractivity contribution is 0.416. The van der Waals surface area contributed by atoms with Gasteiger partial charge in [-0.25, -0.2) is 12.8 Å². The van der Waals surface area contributed by atoms with Crippen LogP contribution in [0, 0.1) is 5.82 Å². The highest BCUT2D eigenvalue weighted by Crippen LogP contribution is 2.40. The SMILES string of the molecule is CC.CS(=O)(=O)c1ccc(C=CN2CC=C(c3c[nH]c(-c4ccc(F)c(Cl)c4)c3-c3ccncc3)CC2)cc1. The molecule has 4 aromatic rings. The lowest BCUT2D eigenvalue weighted by Gasteiger charge is -2.25. The van der Waals surface area contributed by atoms with E-state index in [1.54, 1.807) is 36.7 Å². The Hall–Kier alpha value is -3.68. The minimum atomic E-state index is -3.20. The summed E-state index contributed by atoms with van der Waals surface area (Å²) in [5.41, 5.74) is 7.01. The van der Waals surface area contributed by atoms with Gasteiger partial charge in [0.15, 0.2) is 9.84 Å². The second-order valence-electron chi connectivity index (χ2n) is 8.95. The van der Waals surface area contributed by atoms with Gasteiger partial charge in [-0.2, -0.15) is 0 Å². The number of nitrogens with one attached hydrogen (secondary N) is 1. The molecule has 202 valence electrons. The number of nitrogens with zero attached hydrogens (tertiary/aromatic N) is 2. The van der Waals surface area contributed by atoms with Gasteiger partial charge in [0.2, 0.25) is 0 Å². The van der Waals surface area contributed by atoms with Crippen molar-refractivity contribution in [2.45, 2.75) is 25.2 Å². The highest BCUT2D eigenvalue weighted by Gasteiger charge is 2.20. The van der Waals surface area contributed by atoms with Crippen molar-refractivity contribution in [1.82, 2.24) is 14.9 Å². The molecule has 0 spiro atoms. The van der Waals surface area contributed by atoms with E-state index >= 15 is 0 Å². The topological polar surface area (TPSA) is 66.1 Å². The van der Waals surface area contributed by atoms with E-state index in [9.17, 15) is 12.8 Å². The fraction of sp³-hybridized carbons (Fsp3) is 0.194. The molecule has 0 saturated heterocycles. The zero-order chi connectivity index (χ0) is 28.0. The number of H-pyrrole nitrogens is 1. The standard InChI is InChI=1S/C29H25ClFN3O2S.C2H6/c1-37(35,36)24-5-2-20(3-6-24)10-15-34-16-11-21(12-17-34)25-19-33-29(23-4-7-27(31)26(30)18-23)28(25)22-8-13-32-14-9-22;1-2/h2-11,13-15,18-19,33H,12,16-17H2,1H3;1-2H3. The van der Waals surface area contributed by atoms with Gasteiger partial charge >= 0.3 is 0 Å². The maximum atomic E-state index is 13.8. The number of hydrogen-bond donors (Lipinski definition) is 1. The predicted octanol–water partition coefficient (Wildman–Crippen LogP) is 7.73. The third-order valence-electron chi connectivity index (χ3n) is 6.43. The van der Waals surface area contributed by atoms with E-state index in [4.69, 9.17) is 11.6 Å². The molecule has 5 nitrogen and oxygen atoms in total. The summed E-state index contributed by atoms with van der Waals surface area (Å²) in [4.78, 5) is 10.1. The fourth-order valence-corrected chi connectivity index (χ4v) is 5.27. The Balaban J connectivity index is 0.00000172. The van der Waals surface area contributed by atoms with E-state index in [0.29, 0.717) is 4.90 Å². The molecular formula is C31H31ClFN3O2S. The van der Waals surface area contributed by atoms with Crippen LogP contribution in [0.4, 0.5) is 4.39 Å². The Morgan fingerprint density at radius 2 is 1.74 bits per heavy atom. The maximum Gasteiger partial charge on any atom is 0.175 e. The maximum absolute atomic E-state index is 13.8. The molecule has 5 rings (SSSR count). The molecule has 1 aliphatic rings. The summed E-state index contributed by atoms with van der Waals surface area (Å²) >= 11 is 6.09. The molecular weight excluding hydrogens is 533 g/mol. The first-order valence-corrected chi connectivity index (χ1v) is 15.1. The molecule has 0 fully saturated rings. The van der Waals surface area contributed by atoms with Crippen molar-refractivity contribution in [3.63, 3.8) is 0 Å². The molecule has 0 amide bonds. The normalized spacial score (nSPS) is 13.7. The first-order chi connectivity index (χ1) is 18.8. The Labute approximate surface area is 234 Å². The van der Waals surface area contributed by atoms with Gasteiger partial charge < -0.3 is 9.88 Å². The third kappa shape index (κ3) is 6.67. The van der Waals surface area contributed by atoms with Gasteiger partial charge in [0.1, 0.15) is 5.82 Å². The van der Waals surface area contributed by atoms with E-state index in [1.807, 2.05) is 56.6 Å². The van der Waals surface area contributed by atoms with Crippen LogP contribution in [0.5, 0.6) is 0 Å². The van der Waals surface area contributed by atoms with Crippen LogP contribution in [0.25, 0.3) is 34.0 Å². The second kappa shape index (κ2) is 12.5. The summed E-state index contributed by atoms with van der Waals surface area (Å²) in [6.07, 6.45) is 13.8. The summed E-state index contributed by atoms with van der Waals surface area (Å²) in [5.74, 6) is -0.447. The number of halogens is 2. The molecule has 2 aromatic heterocycles. The molecule has 3 heterocycles. The minimum absolute atomic E-state index is 0.0830. The number of pyridine rings is 1. The summed E-state index contributed by atoms with van der Waals surface area (Å²) in [6, 6.07) is 15.6. The zero-order valence-electron chi connectivity index (χ0n) is 22.2. The predicted molar refractivity (Wildman–Crippen MR) is 159 cm³/mol. The molecule has 0 bridgehead atoms. The number of sulfone groups is 1. The van der Waals surface area contributed by atoms with Gasteiger partial charge in [0.05, 0.1) is 15.6 Å². The van der Waals surface area contributed by atoms with Crippen molar-refractivity contribution in [1.29, 1.82) is 0 Å². The van der Waals surface area contributed by atoms with Gasteiger partial charge in [-0.05, 0) is 77.9 Å². The number of benzene rings is 2. The highest BCUT2D eigenvalue weighted by atomic mass is 35.5. The molecule has 0 aliphatic carbocycles. The molecule has 0 saturated carbocycles. The molecule has 1 aliphatic heterocycles. The van der Waals surface area contributed by atoms with Crippen LogP contribution in [-0.4, -0.2) is 42.6 Å². The van der Waals surface area contributed by atoms with Crippen LogP contribution in [0.3, 0.4) is 0 Å². The molecule has 0 atom stereocenters. The van der Waals surface area contributed by atoms with Crippen LogP contribution in [-0.2, 0) is 9.84 Å². The van der Waals surface area contributed by atoms with Crippen molar-refractivity contribution in [3.8, 4) is 22.4 Å². The number of rotatable bonds is 6. The fourth-order valence-electron chi connectivity index (χ4n) is 4.46. The summed E-state index contributed by atoms with van der Waals surface area (Å²) in [7, 11) is -3.20. The molecule has 0 unspecified atom stereocenters. The van der Waals surface area contributed by atoms with Crippen molar-refractivity contribution in [2.24, 2.45) is 0 Å². The highest BCUT2D eigenvalue weighted by molar-refractivity contribution is 7.90. The van der Waals surface area contributed by atoms with Crippen LogP contribution < -0.4 is 0 Å². The largest absolute Gasteiger partial charge is 0.373 e. The second-order valence-corrected chi connectivity index (χ2v) is 11.4. The van der Waals surface area contributed by atoms with E-state index in [0.717, 1.165) is 53.0 Å². The smallest absolute Gasteiger partial charge is 0.175 e. The van der Waals surface area contributed by atoms with Crippen molar-refractivity contribution < 1.29 is 12.8 Å². The lowest BCUT2D eigenvalue weighted by Crippen LogP contribution is -2.22. The average Bonchev–Trinajstić information content (AvgIpc) is 3.40. The number of hydrogen-bond acceptors (Lipinski definition) is 4. The monoisotopic (exact) mass is 563 g/mol. The van der Waals surface area contributed by atoms with Crippen LogP contribution in [0.2, 0.25) is 5.02 Å². The van der Waals surface area contributed by atoms with E-state index in [2.05, 4.69) is 20.9 Å². The van der Waals surface area contributed by atoms with E-state index in [1.165, 1.54) is 17.9 Å². The van der Waals surface area contributed by atoms with Crippen molar-refractivity contribution in [2.75, 3.05) is 19.3 Å². The van der Waals surface area contributed by atoms with Crippen molar-refractivity contribution >= 4 is 33.1 Å².